The molecule has 0 aliphatic rings. The lowest BCUT2D eigenvalue weighted by atomic mass is 10.0. The summed E-state index contributed by atoms with van der Waals surface area (Å²) in [5, 5.41) is 0.563. The molecular formula is C15H11FN2O. The zero-order valence-electron chi connectivity index (χ0n) is 9.98. The highest BCUT2D eigenvalue weighted by Crippen LogP contribution is 2.24. The fraction of sp³-hybridized carbons (Fsp3) is 0. The van der Waals surface area contributed by atoms with Gasteiger partial charge in [-0.2, -0.15) is 0 Å². The molecule has 0 saturated carbocycles. The molecule has 0 radical (unpaired) electrons. The SMILES string of the molecule is Nc1ccccc1C(=O)c1c[nH]c2ccc(F)cc12. The number of para-hydroxylation sites is 1. The van der Waals surface area contributed by atoms with Crippen molar-refractivity contribution in [3.05, 3.63) is 65.6 Å². The van der Waals surface area contributed by atoms with Gasteiger partial charge in [0, 0.05) is 33.9 Å². The lowest BCUT2D eigenvalue weighted by molar-refractivity contribution is 0.104. The van der Waals surface area contributed by atoms with Crippen molar-refractivity contribution in [3.63, 3.8) is 0 Å². The van der Waals surface area contributed by atoms with E-state index < -0.39 is 0 Å². The molecule has 2 aromatic carbocycles. The summed E-state index contributed by atoms with van der Waals surface area (Å²) < 4.78 is 13.3. The van der Waals surface area contributed by atoms with Gasteiger partial charge in [-0.05, 0) is 30.3 Å². The van der Waals surface area contributed by atoms with Gasteiger partial charge in [0.2, 0.25) is 0 Å². The number of anilines is 1. The van der Waals surface area contributed by atoms with Crippen LogP contribution in [-0.2, 0) is 0 Å². The number of nitrogen functional groups attached to an aromatic ring is 1. The van der Waals surface area contributed by atoms with Gasteiger partial charge in [0.05, 0.1) is 0 Å². The van der Waals surface area contributed by atoms with E-state index in [0.29, 0.717) is 22.2 Å². The molecule has 0 atom stereocenters. The van der Waals surface area contributed by atoms with Gasteiger partial charge >= 0.3 is 0 Å². The van der Waals surface area contributed by atoms with Crippen LogP contribution < -0.4 is 5.73 Å². The Labute approximate surface area is 108 Å². The molecule has 19 heavy (non-hydrogen) atoms. The smallest absolute Gasteiger partial charge is 0.197 e. The Morgan fingerprint density at radius 2 is 1.89 bits per heavy atom. The second kappa shape index (κ2) is 4.24. The highest BCUT2D eigenvalue weighted by Gasteiger charge is 2.16. The van der Waals surface area contributed by atoms with Gasteiger partial charge in [0.1, 0.15) is 5.82 Å². The zero-order valence-corrected chi connectivity index (χ0v) is 9.98. The molecule has 1 aromatic heterocycles. The molecule has 3 N–H and O–H groups in total. The Bertz CT molecular complexity index is 777. The number of aromatic amines is 1. The minimum atomic E-state index is -0.373. The van der Waals surface area contributed by atoms with Crippen molar-refractivity contribution in [2.45, 2.75) is 0 Å². The summed E-state index contributed by atoms with van der Waals surface area (Å²) in [5.74, 6) is -0.586. The number of halogens is 1. The van der Waals surface area contributed by atoms with Crippen LogP contribution in [0.3, 0.4) is 0 Å². The minimum absolute atomic E-state index is 0.213. The van der Waals surface area contributed by atoms with Gasteiger partial charge in [0.25, 0.3) is 0 Å². The molecule has 0 amide bonds. The van der Waals surface area contributed by atoms with Gasteiger partial charge in [-0.1, -0.05) is 12.1 Å². The van der Waals surface area contributed by atoms with Crippen LogP contribution in [0.5, 0.6) is 0 Å². The maximum absolute atomic E-state index is 13.3. The summed E-state index contributed by atoms with van der Waals surface area (Å²) in [6.45, 7) is 0. The molecule has 3 rings (SSSR count). The molecule has 1 heterocycles. The maximum Gasteiger partial charge on any atom is 0.197 e. The normalized spacial score (nSPS) is 10.8. The van der Waals surface area contributed by atoms with Crippen molar-refractivity contribution >= 4 is 22.4 Å². The van der Waals surface area contributed by atoms with Crippen molar-refractivity contribution in [3.8, 4) is 0 Å². The predicted octanol–water partition coefficient (Wildman–Crippen LogP) is 3.12. The van der Waals surface area contributed by atoms with Gasteiger partial charge in [-0.25, -0.2) is 4.39 Å². The number of aromatic nitrogens is 1. The molecule has 0 bridgehead atoms. The average molecular weight is 254 g/mol. The molecule has 0 aliphatic carbocycles. The van der Waals surface area contributed by atoms with E-state index >= 15 is 0 Å². The Morgan fingerprint density at radius 1 is 1.11 bits per heavy atom. The molecule has 0 aliphatic heterocycles. The van der Waals surface area contributed by atoms with Gasteiger partial charge in [-0.15, -0.1) is 0 Å². The van der Waals surface area contributed by atoms with E-state index in [4.69, 9.17) is 5.73 Å². The number of ketones is 1. The van der Waals surface area contributed by atoms with Crippen LogP contribution in [0.4, 0.5) is 10.1 Å². The first kappa shape index (κ1) is 11.5. The van der Waals surface area contributed by atoms with E-state index in [0.717, 1.165) is 5.52 Å². The van der Waals surface area contributed by atoms with Crippen LogP contribution in [-0.4, -0.2) is 10.8 Å². The molecule has 0 spiro atoms. The molecule has 0 unspecified atom stereocenters. The van der Waals surface area contributed by atoms with Gasteiger partial charge in [-0.3, -0.25) is 4.79 Å². The number of H-pyrrole nitrogens is 1. The van der Waals surface area contributed by atoms with Gasteiger partial charge in [0.15, 0.2) is 5.78 Å². The number of hydrogen-bond acceptors (Lipinski definition) is 2. The number of rotatable bonds is 2. The minimum Gasteiger partial charge on any atom is -0.398 e. The second-order valence-electron chi connectivity index (χ2n) is 4.31. The van der Waals surface area contributed by atoms with Crippen LogP contribution in [0.2, 0.25) is 0 Å². The number of carbonyl (C=O) groups is 1. The number of carbonyl (C=O) groups excluding carboxylic acids is 1. The molecular weight excluding hydrogens is 243 g/mol. The van der Waals surface area contributed by atoms with Crippen molar-refractivity contribution in [1.29, 1.82) is 0 Å². The summed E-state index contributed by atoms with van der Waals surface area (Å²) in [7, 11) is 0. The summed E-state index contributed by atoms with van der Waals surface area (Å²) in [5.41, 5.74) is 7.78. The highest BCUT2D eigenvalue weighted by atomic mass is 19.1. The first-order valence-corrected chi connectivity index (χ1v) is 5.82. The molecule has 4 heteroatoms. The Kier molecular flexibility index (Phi) is 2.56. The zero-order chi connectivity index (χ0) is 13.4. The van der Waals surface area contributed by atoms with Crippen LogP contribution >= 0.6 is 0 Å². The van der Waals surface area contributed by atoms with Crippen molar-refractivity contribution in [2.75, 3.05) is 5.73 Å². The van der Waals surface area contributed by atoms with E-state index in [9.17, 15) is 9.18 Å². The summed E-state index contributed by atoms with van der Waals surface area (Å²) in [4.78, 5) is 15.4. The fourth-order valence-corrected chi connectivity index (χ4v) is 2.13. The molecule has 3 nitrogen and oxygen atoms in total. The second-order valence-corrected chi connectivity index (χ2v) is 4.31. The molecule has 3 aromatic rings. The lowest BCUT2D eigenvalue weighted by Gasteiger charge is -2.03. The summed E-state index contributed by atoms with van der Waals surface area (Å²) >= 11 is 0. The monoisotopic (exact) mass is 254 g/mol. The number of nitrogens with one attached hydrogen (secondary N) is 1. The van der Waals surface area contributed by atoms with Gasteiger partial charge < -0.3 is 10.7 Å². The van der Waals surface area contributed by atoms with Crippen molar-refractivity contribution < 1.29 is 9.18 Å². The average Bonchev–Trinajstić information content (AvgIpc) is 2.81. The lowest BCUT2D eigenvalue weighted by Crippen LogP contribution is -2.04. The third kappa shape index (κ3) is 1.87. The number of nitrogens with two attached hydrogens (primary N) is 1. The fourth-order valence-electron chi connectivity index (χ4n) is 2.13. The maximum atomic E-state index is 13.3. The number of benzene rings is 2. The van der Waals surface area contributed by atoms with Crippen LogP contribution in [0, 0.1) is 5.82 Å². The van der Waals surface area contributed by atoms with Crippen molar-refractivity contribution in [2.24, 2.45) is 0 Å². The molecule has 0 saturated heterocycles. The third-order valence-electron chi connectivity index (χ3n) is 3.09. The van der Waals surface area contributed by atoms with Crippen LogP contribution in [0.15, 0.2) is 48.7 Å². The number of hydrogen-bond donors (Lipinski definition) is 2. The topological polar surface area (TPSA) is 58.9 Å². The highest BCUT2D eigenvalue weighted by molar-refractivity contribution is 6.18. The first-order chi connectivity index (χ1) is 9.16. The molecule has 94 valence electrons. The summed E-state index contributed by atoms with van der Waals surface area (Å²) in [6, 6.07) is 11.1. The first-order valence-electron chi connectivity index (χ1n) is 5.82. The largest absolute Gasteiger partial charge is 0.398 e. The third-order valence-corrected chi connectivity index (χ3v) is 3.09. The molecule has 0 fully saturated rings. The van der Waals surface area contributed by atoms with E-state index in [2.05, 4.69) is 4.98 Å². The number of fused-ring (bicyclic) bond motifs is 1. The van der Waals surface area contributed by atoms with E-state index in [1.807, 2.05) is 0 Å². The standard InChI is InChI=1S/C15H11FN2O/c16-9-5-6-14-11(7-9)12(8-18-14)15(19)10-3-1-2-4-13(10)17/h1-8,18H,17H2. The van der Waals surface area contributed by atoms with Crippen LogP contribution in [0.25, 0.3) is 10.9 Å². The Hall–Kier alpha value is -2.62. The van der Waals surface area contributed by atoms with E-state index in [-0.39, 0.29) is 11.6 Å². The summed E-state index contributed by atoms with van der Waals surface area (Å²) in [6.07, 6.45) is 1.58. The van der Waals surface area contributed by atoms with Crippen LogP contribution in [0.1, 0.15) is 15.9 Å². The quantitative estimate of drug-likeness (QED) is 0.545. The predicted molar refractivity (Wildman–Crippen MR) is 72.5 cm³/mol. The van der Waals surface area contributed by atoms with Crippen molar-refractivity contribution in [1.82, 2.24) is 4.98 Å². The Morgan fingerprint density at radius 3 is 2.68 bits per heavy atom. The van der Waals surface area contributed by atoms with E-state index in [1.165, 1.54) is 12.1 Å². The van der Waals surface area contributed by atoms with E-state index in [1.54, 1.807) is 36.5 Å². The Balaban J connectivity index is 2.17.